The lowest BCUT2D eigenvalue weighted by molar-refractivity contribution is -0.150. The third-order valence-electron chi connectivity index (χ3n) is 2.78. The molecule has 82 valence electrons. The van der Waals surface area contributed by atoms with Gasteiger partial charge in [0.15, 0.2) is 0 Å². The Kier molecular flexibility index (Phi) is 4.94. The molecule has 1 aliphatic heterocycles. The number of nitrogens with zero attached hydrogens (tertiary/aromatic N) is 1. The van der Waals surface area contributed by atoms with E-state index in [2.05, 4.69) is 11.8 Å². The van der Waals surface area contributed by atoms with E-state index in [1.807, 2.05) is 6.92 Å². The van der Waals surface area contributed by atoms with Crippen LogP contribution in [0.25, 0.3) is 0 Å². The number of hydrogen-bond acceptors (Lipinski definition) is 3. The third-order valence-corrected chi connectivity index (χ3v) is 2.78. The molecule has 1 rings (SSSR count). The van der Waals surface area contributed by atoms with Crippen molar-refractivity contribution < 1.29 is 9.53 Å². The highest BCUT2D eigenvalue weighted by atomic mass is 16.5. The molecule has 0 aromatic rings. The zero-order valence-corrected chi connectivity index (χ0v) is 9.29. The van der Waals surface area contributed by atoms with E-state index in [1.54, 1.807) is 0 Å². The highest BCUT2D eigenvalue weighted by Crippen LogP contribution is 2.15. The van der Waals surface area contributed by atoms with Gasteiger partial charge in [0, 0.05) is 0 Å². The molecular formula is C11H21NO2. The molecule has 0 amide bonds. The fourth-order valence-electron chi connectivity index (χ4n) is 2.04. The van der Waals surface area contributed by atoms with Crippen molar-refractivity contribution in [3.05, 3.63) is 0 Å². The Hall–Kier alpha value is -0.570. The number of ether oxygens (including phenoxy) is 1. The summed E-state index contributed by atoms with van der Waals surface area (Å²) in [5, 5.41) is 0. The first-order chi connectivity index (χ1) is 6.79. The molecule has 1 saturated heterocycles. The average molecular weight is 199 g/mol. The van der Waals surface area contributed by atoms with Crippen molar-refractivity contribution in [2.45, 2.75) is 45.6 Å². The van der Waals surface area contributed by atoms with Gasteiger partial charge in [-0.25, -0.2) is 0 Å². The number of rotatable bonds is 4. The molecule has 0 bridgehead atoms. The Morgan fingerprint density at radius 2 is 1.93 bits per heavy atom. The molecule has 1 fully saturated rings. The lowest BCUT2D eigenvalue weighted by atomic mass is 10.1. The second-order valence-corrected chi connectivity index (χ2v) is 3.77. The van der Waals surface area contributed by atoms with E-state index in [9.17, 15) is 4.79 Å². The first-order valence-electron chi connectivity index (χ1n) is 5.70. The Morgan fingerprint density at radius 1 is 1.29 bits per heavy atom. The topological polar surface area (TPSA) is 29.5 Å². The molecule has 1 unspecified atom stereocenters. The van der Waals surface area contributed by atoms with Crippen LogP contribution in [-0.2, 0) is 9.53 Å². The monoisotopic (exact) mass is 199 g/mol. The SMILES string of the molecule is CCOC(=O)C(CC)N1CCCCC1. The number of esters is 1. The van der Waals surface area contributed by atoms with Gasteiger partial charge < -0.3 is 4.74 Å². The van der Waals surface area contributed by atoms with Crippen LogP contribution in [-0.4, -0.2) is 36.6 Å². The maximum absolute atomic E-state index is 11.6. The van der Waals surface area contributed by atoms with E-state index in [0.717, 1.165) is 19.5 Å². The highest BCUT2D eigenvalue weighted by Gasteiger charge is 2.26. The Morgan fingerprint density at radius 3 is 2.43 bits per heavy atom. The summed E-state index contributed by atoms with van der Waals surface area (Å²) >= 11 is 0. The second-order valence-electron chi connectivity index (χ2n) is 3.77. The Balaban J connectivity index is 2.46. The van der Waals surface area contributed by atoms with E-state index >= 15 is 0 Å². The van der Waals surface area contributed by atoms with Gasteiger partial charge in [-0.3, -0.25) is 9.69 Å². The molecule has 3 nitrogen and oxygen atoms in total. The van der Waals surface area contributed by atoms with Gasteiger partial charge in [-0.1, -0.05) is 13.3 Å². The van der Waals surface area contributed by atoms with Crippen molar-refractivity contribution in [1.82, 2.24) is 4.90 Å². The summed E-state index contributed by atoms with van der Waals surface area (Å²) in [7, 11) is 0. The molecule has 1 aliphatic rings. The van der Waals surface area contributed by atoms with E-state index in [0.29, 0.717) is 6.61 Å². The van der Waals surface area contributed by atoms with Gasteiger partial charge in [-0.2, -0.15) is 0 Å². The summed E-state index contributed by atoms with van der Waals surface area (Å²) < 4.78 is 5.07. The van der Waals surface area contributed by atoms with Crippen LogP contribution < -0.4 is 0 Å². The summed E-state index contributed by atoms with van der Waals surface area (Å²) in [6.45, 7) is 6.51. The van der Waals surface area contributed by atoms with Crippen LogP contribution in [0.1, 0.15) is 39.5 Å². The molecule has 0 aromatic heterocycles. The summed E-state index contributed by atoms with van der Waals surface area (Å²) in [4.78, 5) is 13.9. The normalized spacial score (nSPS) is 20.4. The van der Waals surface area contributed by atoms with Crippen molar-refractivity contribution >= 4 is 5.97 Å². The zero-order chi connectivity index (χ0) is 10.4. The van der Waals surface area contributed by atoms with Gasteiger partial charge >= 0.3 is 5.97 Å². The van der Waals surface area contributed by atoms with Crippen LogP contribution in [0.5, 0.6) is 0 Å². The minimum Gasteiger partial charge on any atom is -0.465 e. The number of piperidine rings is 1. The van der Waals surface area contributed by atoms with Gasteiger partial charge in [0.2, 0.25) is 0 Å². The van der Waals surface area contributed by atoms with Gasteiger partial charge in [0.1, 0.15) is 6.04 Å². The lowest BCUT2D eigenvalue weighted by Crippen LogP contribution is -2.44. The van der Waals surface area contributed by atoms with Crippen molar-refractivity contribution in [2.24, 2.45) is 0 Å². The van der Waals surface area contributed by atoms with Crippen LogP contribution in [0.4, 0.5) is 0 Å². The van der Waals surface area contributed by atoms with Crippen molar-refractivity contribution in [3.63, 3.8) is 0 Å². The maximum Gasteiger partial charge on any atom is 0.323 e. The summed E-state index contributed by atoms with van der Waals surface area (Å²) in [5.41, 5.74) is 0. The molecule has 0 radical (unpaired) electrons. The second kappa shape index (κ2) is 6.02. The van der Waals surface area contributed by atoms with Crippen LogP contribution in [0.3, 0.4) is 0 Å². The van der Waals surface area contributed by atoms with Gasteiger partial charge in [-0.15, -0.1) is 0 Å². The zero-order valence-electron chi connectivity index (χ0n) is 9.29. The smallest absolute Gasteiger partial charge is 0.323 e. The largest absolute Gasteiger partial charge is 0.465 e. The molecule has 1 heterocycles. The van der Waals surface area contributed by atoms with E-state index in [-0.39, 0.29) is 12.0 Å². The fourth-order valence-corrected chi connectivity index (χ4v) is 2.04. The van der Waals surface area contributed by atoms with Crippen LogP contribution in [0, 0.1) is 0 Å². The molecule has 0 spiro atoms. The highest BCUT2D eigenvalue weighted by molar-refractivity contribution is 5.75. The van der Waals surface area contributed by atoms with Gasteiger partial charge in [0.25, 0.3) is 0 Å². The predicted octanol–water partition coefficient (Wildman–Crippen LogP) is 1.81. The maximum atomic E-state index is 11.6. The Bertz CT molecular complexity index is 176. The van der Waals surface area contributed by atoms with E-state index in [4.69, 9.17) is 4.74 Å². The van der Waals surface area contributed by atoms with Crippen molar-refractivity contribution in [3.8, 4) is 0 Å². The summed E-state index contributed by atoms with van der Waals surface area (Å²) in [6, 6.07) is -0.00440. The van der Waals surface area contributed by atoms with E-state index in [1.165, 1.54) is 19.3 Å². The molecule has 0 aliphatic carbocycles. The first-order valence-corrected chi connectivity index (χ1v) is 5.70. The Labute approximate surface area is 86.4 Å². The molecule has 1 atom stereocenters. The van der Waals surface area contributed by atoms with Gasteiger partial charge in [-0.05, 0) is 39.3 Å². The standard InChI is InChI=1S/C11H21NO2/c1-3-10(11(13)14-4-2)12-8-6-5-7-9-12/h10H,3-9H2,1-2H3. The van der Waals surface area contributed by atoms with E-state index < -0.39 is 0 Å². The molecule has 0 aromatic carbocycles. The van der Waals surface area contributed by atoms with Crippen molar-refractivity contribution in [2.75, 3.05) is 19.7 Å². The summed E-state index contributed by atoms with van der Waals surface area (Å²) in [6.07, 6.45) is 4.60. The van der Waals surface area contributed by atoms with Crippen LogP contribution in [0.15, 0.2) is 0 Å². The van der Waals surface area contributed by atoms with Crippen LogP contribution >= 0.6 is 0 Å². The quantitative estimate of drug-likeness (QED) is 0.647. The molecule has 14 heavy (non-hydrogen) atoms. The molecular weight excluding hydrogens is 178 g/mol. The number of carbonyl (C=O) groups is 1. The minimum absolute atomic E-state index is 0.00440. The number of likely N-dealkylation sites (tertiary alicyclic amines) is 1. The number of carbonyl (C=O) groups excluding carboxylic acids is 1. The predicted molar refractivity (Wildman–Crippen MR) is 56.1 cm³/mol. The lowest BCUT2D eigenvalue weighted by Gasteiger charge is -2.32. The fraction of sp³-hybridized carbons (Fsp3) is 0.909. The molecule has 3 heteroatoms. The molecule has 0 N–H and O–H groups in total. The molecule has 0 saturated carbocycles. The van der Waals surface area contributed by atoms with Gasteiger partial charge in [0.05, 0.1) is 6.61 Å². The van der Waals surface area contributed by atoms with Crippen LogP contribution in [0.2, 0.25) is 0 Å². The summed E-state index contributed by atoms with van der Waals surface area (Å²) in [5.74, 6) is -0.0445. The number of hydrogen-bond donors (Lipinski definition) is 0. The van der Waals surface area contributed by atoms with Crippen molar-refractivity contribution in [1.29, 1.82) is 0 Å². The minimum atomic E-state index is -0.0445. The first kappa shape index (κ1) is 11.5. The third kappa shape index (κ3) is 2.98. The average Bonchev–Trinajstić information content (AvgIpc) is 2.21.